The average Bonchev–Trinajstić information content (AvgIpc) is 1.95. The van der Waals surface area contributed by atoms with Gasteiger partial charge in [0.2, 0.25) is 5.78 Å². The molecule has 0 fully saturated rings. The number of carbonyl (C=O) groups excluding carboxylic acids is 2. The monoisotopic (exact) mass is 137 g/mol. The van der Waals surface area contributed by atoms with Gasteiger partial charge in [0.05, 0.1) is 0 Å². The topological polar surface area (TPSA) is 63.6 Å². The van der Waals surface area contributed by atoms with Gasteiger partial charge in [-0.25, -0.2) is 0 Å². The van der Waals surface area contributed by atoms with E-state index in [0.717, 1.165) is 6.08 Å². The molecule has 0 aromatic heterocycles. The third-order valence-electron chi connectivity index (χ3n) is 1.06. The van der Waals surface area contributed by atoms with Crippen LogP contribution in [0.1, 0.15) is 0 Å². The highest BCUT2D eigenvalue weighted by Gasteiger charge is 2.18. The van der Waals surface area contributed by atoms with Crippen molar-refractivity contribution in [3.8, 4) is 0 Å². The van der Waals surface area contributed by atoms with Crippen molar-refractivity contribution in [1.29, 1.82) is 0 Å². The molecule has 0 saturated carbocycles. The number of allylic oxidation sites excluding steroid dienone is 4. The highest BCUT2D eigenvalue weighted by molar-refractivity contribution is 6.48. The van der Waals surface area contributed by atoms with Crippen LogP contribution in [0.3, 0.4) is 0 Å². The zero-order valence-electron chi connectivity index (χ0n) is 4.90. The maximum absolute atomic E-state index is 10.6. The van der Waals surface area contributed by atoms with E-state index in [4.69, 9.17) is 0 Å². The van der Waals surface area contributed by atoms with Crippen LogP contribution in [-0.2, 0) is 9.59 Å². The molecule has 0 bridgehead atoms. The van der Waals surface area contributed by atoms with E-state index >= 15 is 0 Å². The third-order valence-corrected chi connectivity index (χ3v) is 1.06. The van der Waals surface area contributed by atoms with Crippen LogP contribution in [0, 0.1) is 4.91 Å². The SMILES string of the molecule is O=NC1=CC=CC(=O)C1=O. The summed E-state index contributed by atoms with van der Waals surface area (Å²) < 4.78 is 0. The zero-order valence-corrected chi connectivity index (χ0v) is 4.90. The number of nitroso groups, excluding NO2 is 1. The van der Waals surface area contributed by atoms with Crippen molar-refractivity contribution >= 4 is 11.6 Å². The summed E-state index contributed by atoms with van der Waals surface area (Å²) in [6, 6.07) is 0. The van der Waals surface area contributed by atoms with Crippen LogP contribution < -0.4 is 0 Å². The van der Waals surface area contributed by atoms with Crippen molar-refractivity contribution in [1.82, 2.24) is 0 Å². The fourth-order valence-electron chi connectivity index (χ4n) is 0.576. The Balaban J connectivity index is 3.03. The van der Waals surface area contributed by atoms with Gasteiger partial charge < -0.3 is 0 Å². The van der Waals surface area contributed by atoms with Gasteiger partial charge in [0.25, 0.3) is 5.78 Å². The quantitative estimate of drug-likeness (QED) is 0.297. The summed E-state index contributed by atoms with van der Waals surface area (Å²) in [4.78, 5) is 30.9. The Morgan fingerprint density at radius 2 is 2.00 bits per heavy atom. The van der Waals surface area contributed by atoms with E-state index in [1.807, 2.05) is 0 Å². The second-order valence-electron chi connectivity index (χ2n) is 1.70. The Morgan fingerprint density at radius 3 is 2.50 bits per heavy atom. The van der Waals surface area contributed by atoms with Crippen LogP contribution >= 0.6 is 0 Å². The third kappa shape index (κ3) is 0.907. The second-order valence-corrected chi connectivity index (χ2v) is 1.70. The lowest BCUT2D eigenvalue weighted by Crippen LogP contribution is -2.14. The van der Waals surface area contributed by atoms with Crippen molar-refractivity contribution in [3.63, 3.8) is 0 Å². The van der Waals surface area contributed by atoms with E-state index < -0.39 is 11.6 Å². The molecular formula is C6H3NO3. The Morgan fingerprint density at radius 1 is 1.30 bits per heavy atom. The van der Waals surface area contributed by atoms with Crippen molar-refractivity contribution in [2.75, 3.05) is 0 Å². The first-order valence-corrected chi connectivity index (χ1v) is 2.56. The lowest BCUT2D eigenvalue weighted by atomic mass is 10.1. The van der Waals surface area contributed by atoms with Crippen molar-refractivity contribution in [3.05, 3.63) is 28.8 Å². The van der Waals surface area contributed by atoms with Crippen molar-refractivity contribution in [2.24, 2.45) is 5.18 Å². The summed E-state index contributed by atoms with van der Waals surface area (Å²) in [5, 5.41) is 2.37. The Bertz CT molecular complexity index is 262. The molecular weight excluding hydrogens is 134 g/mol. The molecule has 0 spiro atoms. The molecule has 1 aliphatic rings. The molecule has 50 valence electrons. The Hall–Kier alpha value is -1.58. The van der Waals surface area contributed by atoms with Gasteiger partial charge in [-0.05, 0) is 17.3 Å². The van der Waals surface area contributed by atoms with Crippen molar-refractivity contribution in [2.45, 2.75) is 0 Å². The molecule has 0 aromatic rings. The van der Waals surface area contributed by atoms with E-state index in [0.29, 0.717) is 0 Å². The van der Waals surface area contributed by atoms with E-state index in [9.17, 15) is 14.5 Å². The Kier molecular flexibility index (Phi) is 1.53. The highest BCUT2D eigenvalue weighted by atomic mass is 16.3. The summed E-state index contributed by atoms with van der Waals surface area (Å²) in [7, 11) is 0. The van der Waals surface area contributed by atoms with Gasteiger partial charge in [-0.1, -0.05) is 6.08 Å². The molecule has 10 heavy (non-hydrogen) atoms. The maximum Gasteiger partial charge on any atom is 0.254 e. The van der Waals surface area contributed by atoms with E-state index in [-0.39, 0.29) is 5.70 Å². The Labute approximate surface area is 56.2 Å². The van der Waals surface area contributed by atoms with E-state index in [1.54, 1.807) is 0 Å². The first-order chi connectivity index (χ1) is 4.75. The molecule has 0 atom stereocenters. The minimum Gasteiger partial charge on any atom is -0.285 e. The molecule has 0 N–H and O–H groups in total. The fourth-order valence-corrected chi connectivity index (χ4v) is 0.576. The van der Waals surface area contributed by atoms with Gasteiger partial charge in [-0.15, -0.1) is 4.91 Å². The van der Waals surface area contributed by atoms with Gasteiger partial charge in [0, 0.05) is 0 Å². The van der Waals surface area contributed by atoms with Crippen LogP contribution in [0.4, 0.5) is 0 Å². The molecule has 0 radical (unpaired) electrons. The number of ketones is 2. The first-order valence-electron chi connectivity index (χ1n) is 2.56. The van der Waals surface area contributed by atoms with E-state index in [2.05, 4.69) is 5.18 Å². The molecule has 0 amide bonds. The predicted molar refractivity (Wildman–Crippen MR) is 33.0 cm³/mol. The van der Waals surface area contributed by atoms with E-state index in [1.165, 1.54) is 12.2 Å². The van der Waals surface area contributed by atoms with Gasteiger partial charge in [-0.3, -0.25) is 9.59 Å². The number of nitrogens with zero attached hydrogens (tertiary/aromatic N) is 1. The second kappa shape index (κ2) is 2.34. The van der Waals surface area contributed by atoms with Crippen molar-refractivity contribution < 1.29 is 9.59 Å². The van der Waals surface area contributed by atoms with Crippen LogP contribution in [0.5, 0.6) is 0 Å². The van der Waals surface area contributed by atoms with Gasteiger partial charge in [0.1, 0.15) is 0 Å². The molecule has 0 aliphatic heterocycles. The number of rotatable bonds is 1. The van der Waals surface area contributed by atoms with Crippen LogP contribution in [0.15, 0.2) is 29.1 Å². The number of Topliss-reactive ketones (excluding diaryl/α,β-unsaturated/α-hetero) is 1. The molecule has 0 aromatic carbocycles. The fraction of sp³-hybridized carbons (Fsp3) is 0. The lowest BCUT2D eigenvalue weighted by molar-refractivity contribution is -0.131. The van der Waals surface area contributed by atoms with Gasteiger partial charge in [-0.2, -0.15) is 0 Å². The maximum atomic E-state index is 10.6. The normalized spacial score (nSPS) is 17.0. The van der Waals surface area contributed by atoms with Crippen LogP contribution in [0.25, 0.3) is 0 Å². The van der Waals surface area contributed by atoms with Crippen LogP contribution in [0.2, 0.25) is 0 Å². The van der Waals surface area contributed by atoms with Crippen LogP contribution in [-0.4, -0.2) is 11.6 Å². The molecule has 0 unspecified atom stereocenters. The number of hydrogen-bond acceptors (Lipinski definition) is 4. The minimum absolute atomic E-state index is 0.326. The summed E-state index contributed by atoms with van der Waals surface area (Å²) in [5.41, 5.74) is -0.326. The van der Waals surface area contributed by atoms with Gasteiger partial charge in [0.15, 0.2) is 5.70 Å². The summed E-state index contributed by atoms with van der Waals surface area (Å²) >= 11 is 0. The smallest absolute Gasteiger partial charge is 0.254 e. The molecule has 0 saturated heterocycles. The molecule has 4 nitrogen and oxygen atoms in total. The predicted octanol–water partition coefficient (Wildman–Crippen LogP) is 0.345. The summed E-state index contributed by atoms with van der Waals surface area (Å²) in [5.74, 6) is -1.53. The largest absolute Gasteiger partial charge is 0.285 e. The highest BCUT2D eigenvalue weighted by Crippen LogP contribution is 2.04. The molecule has 1 aliphatic carbocycles. The number of carbonyl (C=O) groups is 2. The summed E-state index contributed by atoms with van der Waals surface area (Å²) in [6.45, 7) is 0. The summed E-state index contributed by atoms with van der Waals surface area (Å²) in [6.07, 6.45) is 3.62. The average molecular weight is 137 g/mol. The molecule has 0 heterocycles. The lowest BCUT2D eigenvalue weighted by Gasteiger charge is -1.95. The molecule has 4 heteroatoms. The molecule has 1 rings (SSSR count). The first kappa shape index (κ1) is 6.54. The zero-order chi connectivity index (χ0) is 7.56. The minimum atomic E-state index is -0.836. The van der Waals surface area contributed by atoms with Gasteiger partial charge >= 0.3 is 0 Å². The number of hydrogen-bond donors (Lipinski definition) is 0. The standard InChI is InChI=1S/C6H3NO3/c8-5-3-1-2-4(7-10)6(5)9/h1-3H.